The molecule has 0 aromatic heterocycles. The molecule has 0 atom stereocenters. The molecule has 2 rings (SSSR count). The van der Waals surface area contributed by atoms with Gasteiger partial charge in [-0.05, 0) is 29.8 Å². The molecule has 0 fully saturated rings. The van der Waals surface area contributed by atoms with Crippen LogP contribution in [0.4, 0.5) is 10.1 Å². The number of para-hydroxylation sites is 1. The summed E-state index contributed by atoms with van der Waals surface area (Å²) < 4.78 is 13.2. The van der Waals surface area contributed by atoms with Gasteiger partial charge < -0.3 is 10.6 Å². The van der Waals surface area contributed by atoms with Crippen LogP contribution in [0.5, 0.6) is 0 Å². The smallest absolute Gasteiger partial charge is 0.123 e. The van der Waals surface area contributed by atoms with Gasteiger partial charge in [-0.1, -0.05) is 36.5 Å². The van der Waals surface area contributed by atoms with E-state index in [1.54, 1.807) is 6.07 Å². The fraction of sp³-hybridized carbons (Fsp3) is 0.133. The largest absolute Gasteiger partial charge is 0.389 e. The van der Waals surface area contributed by atoms with Gasteiger partial charge in [-0.2, -0.15) is 0 Å². The first kappa shape index (κ1) is 13.5. The van der Waals surface area contributed by atoms with Crippen LogP contribution in [-0.2, 0) is 6.54 Å². The molecule has 0 saturated carbocycles. The molecule has 2 nitrogen and oxygen atoms in total. The maximum Gasteiger partial charge on any atom is 0.123 e. The molecule has 0 amide bonds. The Labute approximate surface area is 117 Å². The molecule has 0 aliphatic carbocycles. The predicted octanol–water partition coefficient (Wildman–Crippen LogP) is 3.10. The van der Waals surface area contributed by atoms with E-state index in [1.807, 2.05) is 42.3 Å². The molecule has 98 valence electrons. The monoisotopic (exact) mass is 274 g/mol. The first-order valence-electron chi connectivity index (χ1n) is 5.92. The van der Waals surface area contributed by atoms with Gasteiger partial charge in [-0.3, -0.25) is 0 Å². The molecule has 2 aromatic carbocycles. The van der Waals surface area contributed by atoms with Gasteiger partial charge in [0.25, 0.3) is 0 Å². The minimum Gasteiger partial charge on any atom is -0.389 e. The molecule has 0 spiro atoms. The fourth-order valence-electron chi connectivity index (χ4n) is 2.01. The quantitative estimate of drug-likeness (QED) is 0.869. The molecule has 0 aliphatic heterocycles. The molecule has 0 radical (unpaired) electrons. The van der Waals surface area contributed by atoms with Gasteiger partial charge in [-0.25, -0.2) is 4.39 Å². The second-order valence-electron chi connectivity index (χ2n) is 4.37. The second-order valence-corrected chi connectivity index (χ2v) is 4.81. The molecule has 4 heteroatoms. The van der Waals surface area contributed by atoms with Gasteiger partial charge >= 0.3 is 0 Å². The van der Waals surface area contributed by atoms with Crippen LogP contribution in [0, 0.1) is 5.82 Å². The molecule has 0 heterocycles. The lowest BCUT2D eigenvalue weighted by atomic mass is 10.1. The lowest BCUT2D eigenvalue weighted by Crippen LogP contribution is -2.21. The van der Waals surface area contributed by atoms with E-state index in [-0.39, 0.29) is 5.82 Å². The van der Waals surface area contributed by atoms with Gasteiger partial charge in [0.15, 0.2) is 0 Å². The van der Waals surface area contributed by atoms with Crippen molar-refractivity contribution < 1.29 is 4.39 Å². The summed E-state index contributed by atoms with van der Waals surface area (Å²) in [6.07, 6.45) is 0. The third-order valence-electron chi connectivity index (χ3n) is 2.89. The third kappa shape index (κ3) is 3.29. The summed E-state index contributed by atoms with van der Waals surface area (Å²) in [6, 6.07) is 14.2. The van der Waals surface area contributed by atoms with Crippen LogP contribution in [0.1, 0.15) is 11.1 Å². The third-order valence-corrected chi connectivity index (χ3v) is 3.11. The minimum atomic E-state index is -0.228. The molecule has 2 aromatic rings. The molecular weight excluding hydrogens is 259 g/mol. The highest BCUT2D eigenvalue weighted by molar-refractivity contribution is 7.80. The van der Waals surface area contributed by atoms with Gasteiger partial charge in [-0.15, -0.1) is 0 Å². The van der Waals surface area contributed by atoms with Gasteiger partial charge in [0.05, 0.1) is 0 Å². The maximum absolute atomic E-state index is 13.2. The fourth-order valence-corrected chi connectivity index (χ4v) is 2.18. The van der Waals surface area contributed by atoms with E-state index in [4.69, 9.17) is 18.0 Å². The molecule has 0 aliphatic rings. The number of anilines is 1. The molecule has 0 unspecified atom stereocenters. The summed E-state index contributed by atoms with van der Waals surface area (Å²) in [5.74, 6) is -0.228. The van der Waals surface area contributed by atoms with Crippen LogP contribution in [-0.4, -0.2) is 12.0 Å². The van der Waals surface area contributed by atoms with Crippen LogP contribution in [0.2, 0.25) is 0 Å². The first-order valence-corrected chi connectivity index (χ1v) is 6.33. The van der Waals surface area contributed by atoms with Crippen LogP contribution in [0.25, 0.3) is 0 Å². The van der Waals surface area contributed by atoms with Crippen LogP contribution in [0.3, 0.4) is 0 Å². The Balaban J connectivity index is 2.25. The lowest BCUT2D eigenvalue weighted by Gasteiger charge is -2.22. The summed E-state index contributed by atoms with van der Waals surface area (Å²) in [5, 5.41) is 0. The van der Waals surface area contributed by atoms with Crippen molar-refractivity contribution in [2.75, 3.05) is 11.9 Å². The van der Waals surface area contributed by atoms with Crippen LogP contribution in [0.15, 0.2) is 48.5 Å². The number of hydrogen-bond acceptors (Lipinski definition) is 2. The summed E-state index contributed by atoms with van der Waals surface area (Å²) in [5.41, 5.74) is 8.39. The predicted molar refractivity (Wildman–Crippen MR) is 80.8 cm³/mol. The molecule has 0 bridgehead atoms. The van der Waals surface area contributed by atoms with E-state index in [0.29, 0.717) is 11.5 Å². The average molecular weight is 274 g/mol. The van der Waals surface area contributed by atoms with Crippen molar-refractivity contribution in [2.45, 2.75) is 6.54 Å². The normalized spacial score (nSPS) is 10.2. The standard InChI is InChI=1S/C15H15FN2S/c1-18(10-11-5-4-6-12(16)9-11)14-8-3-2-7-13(14)15(17)19/h2-9H,10H2,1H3,(H2,17,19). The first-order chi connectivity index (χ1) is 9.08. The van der Waals surface area contributed by atoms with E-state index in [1.165, 1.54) is 12.1 Å². The topological polar surface area (TPSA) is 29.3 Å². The van der Waals surface area contributed by atoms with Crippen molar-refractivity contribution >= 4 is 22.9 Å². The zero-order valence-electron chi connectivity index (χ0n) is 10.6. The number of benzene rings is 2. The highest BCUT2D eigenvalue weighted by Gasteiger charge is 2.09. The number of rotatable bonds is 4. The van der Waals surface area contributed by atoms with Crippen molar-refractivity contribution in [1.29, 1.82) is 0 Å². The van der Waals surface area contributed by atoms with Gasteiger partial charge in [0, 0.05) is 24.8 Å². The average Bonchev–Trinajstić information content (AvgIpc) is 2.38. The highest BCUT2D eigenvalue weighted by atomic mass is 32.1. The molecular formula is C15H15FN2S. The van der Waals surface area contributed by atoms with Gasteiger partial charge in [0.1, 0.15) is 10.8 Å². The molecule has 0 saturated heterocycles. The van der Waals surface area contributed by atoms with E-state index < -0.39 is 0 Å². The summed E-state index contributed by atoms with van der Waals surface area (Å²) in [6.45, 7) is 0.595. The van der Waals surface area contributed by atoms with Crippen LogP contribution >= 0.6 is 12.2 Å². The van der Waals surface area contributed by atoms with E-state index >= 15 is 0 Å². The summed E-state index contributed by atoms with van der Waals surface area (Å²) in [4.78, 5) is 2.37. The zero-order chi connectivity index (χ0) is 13.8. The Bertz CT molecular complexity index is 598. The van der Waals surface area contributed by atoms with E-state index in [2.05, 4.69) is 0 Å². The Kier molecular flexibility index (Phi) is 4.12. The number of nitrogens with zero attached hydrogens (tertiary/aromatic N) is 1. The Morgan fingerprint density at radius 3 is 2.63 bits per heavy atom. The SMILES string of the molecule is CN(Cc1cccc(F)c1)c1ccccc1C(N)=S. The van der Waals surface area contributed by atoms with Crippen molar-refractivity contribution in [2.24, 2.45) is 5.73 Å². The maximum atomic E-state index is 13.2. The van der Waals surface area contributed by atoms with Crippen molar-refractivity contribution in [1.82, 2.24) is 0 Å². The van der Waals surface area contributed by atoms with Crippen LogP contribution < -0.4 is 10.6 Å². The minimum absolute atomic E-state index is 0.228. The molecule has 2 N–H and O–H groups in total. The number of thiocarbonyl (C=S) groups is 1. The zero-order valence-corrected chi connectivity index (χ0v) is 11.5. The van der Waals surface area contributed by atoms with E-state index in [9.17, 15) is 4.39 Å². The second kappa shape index (κ2) is 5.80. The van der Waals surface area contributed by atoms with Crippen molar-refractivity contribution in [3.63, 3.8) is 0 Å². The summed E-state index contributed by atoms with van der Waals surface area (Å²) in [7, 11) is 1.93. The number of hydrogen-bond donors (Lipinski definition) is 1. The van der Waals surface area contributed by atoms with Crippen molar-refractivity contribution in [3.05, 3.63) is 65.5 Å². The summed E-state index contributed by atoms with van der Waals surface area (Å²) >= 11 is 5.05. The number of nitrogens with two attached hydrogens (primary N) is 1. The van der Waals surface area contributed by atoms with Crippen molar-refractivity contribution in [3.8, 4) is 0 Å². The Morgan fingerprint density at radius 2 is 1.95 bits per heavy atom. The van der Waals surface area contributed by atoms with E-state index in [0.717, 1.165) is 16.8 Å². The Morgan fingerprint density at radius 1 is 1.21 bits per heavy atom. The lowest BCUT2D eigenvalue weighted by molar-refractivity contribution is 0.625. The number of halogens is 1. The Hall–Kier alpha value is -1.94. The van der Waals surface area contributed by atoms with Gasteiger partial charge in [0.2, 0.25) is 0 Å². The molecule has 19 heavy (non-hydrogen) atoms. The highest BCUT2D eigenvalue weighted by Crippen LogP contribution is 2.21.